The zero-order valence-electron chi connectivity index (χ0n) is 12.7. The van der Waals surface area contributed by atoms with Gasteiger partial charge in [0.05, 0.1) is 0 Å². The summed E-state index contributed by atoms with van der Waals surface area (Å²) in [5, 5.41) is 6.85. The number of hydrogen-bond acceptors (Lipinski definition) is 2. The Labute approximate surface area is 122 Å². The highest BCUT2D eigenvalue weighted by Crippen LogP contribution is 2.42. The van der Waals surface area contributed by atoms with Crippen LogP contribution in [0.3, 0.4) is 0 Å². The minimum atomic E-state index is 0.515. The second-order valence-corrected chi connectivity index (χ2v) is 5.67. The van der Waals surface area contributed by atoms with E-state index in [1.165, 1.54) is 31.2 Å². The van der Waals surface area contributed by atoms with E-state index in [0.717, 1.165) is 25.5 Å². The lowest BCUT2D eigenvalue weighted by atomic mass is 9.67. The largest absolute Gasteiger partial charge is 0.356 e. The van der Waals surface area contributed by atoms with Crippen LogP contribution in [0.25, 0.3) is 0 Å². The van der Waals surface area contributed by atoms with E-state index in [0.29, 0.717) is 5.41 Å². The van der Waals surface area contributed by atoms with E-state index in [9.17, 15) is 0 Å². The van der Waals surface area contributed by atoms with Gasteiger partial charge in [-0.1, -0.05) is 19.4 Å². The third-order valence-corrected chi connectivity index (χ3v) is 4.45. The molecule has 4 nitrogen and oxygen atoms in total. The second kappa shape index (κ2) is 7.27. The van der Waals surface area contributed by atoms with Gasteiger partial charge in [0.2, 0.25) is 0 Å². The van der Waals surface area contributed by atoms with E-state index in [4.69, 9.17) is 0 Å². The van der Waals surface area contributed by atoms with E-state index >= 15 is 0 Å². The molecule has 4 heteroatoms. The quantitative estimate of drug-likeness (QED) is 0.618. The predicted octanol–water partition coefficient (Wildman–Crippen LogP) is 2.37. The van der Waals surface area contributed by atoms with Crippen molar-refractivity contribution in [2.75, 3.05) is 20.1 Å². The lowest BCUT2D eigenvalue weighted by Crippen LogP contribution is -2.46. The number of aliphatic imine (C=N–C) groups is 1. The molecule has 1 aromatic rings. The Morgan fingerprint density at radius 1 is 1.40 bits per heavy atom. The normalized spacial score (nSPS) is 17.4. The monoisotopic (exact) mass is 274 g/mol. The van der Waals surface area contributed by atoms with Crippen LogP contribution in [0.2, 0.25) is 0 Å². The van der Waals surface area contributed by atoms with Gasteiger partial charge < -0.3 is 10.6 Å². The molecule has 1 heterocycles. The van der Waals surface area contributed by atoms with Crippen molar-refractivity contribution in [3.05, 3.63) is 30.1 Å². The predicted molar refractivity (Wildman–Crippen MR) is 83.9 cm³/mol. The second-order valence-electron chi connectivity index (χ2n) is 5.67. The Morgan fingerprint density at radius 2 is 2.25 bits per heavy atom. The molecule has 0 saturated heterocycles. The fourth-order valence-corrected chi connectivity index (χ4v) is 2.70. The minimum absolute atomic E-state index is 0.515. The van der Waals surface area contributed by atoms with Crippen LogP contribution < -0.4 is 10.6 Å². The van der Waals surface area contributed by atoms with Crippen LogP contribution in [-0.2, 0) is 6.42 Å². The first-order valence-corrected chi connectivity index (χ1v) is 7.61. The smallest absolute Gasteiger partial charge is 0.191 e. The van der Waals surface area contributed by atoms with Crippen molar-refractivity contribution in [1.82, 2.24) is 15.6 Å². The Hall–Kier alpha value is -1.58. The van der Waals surface area contributed by atoms with Gasteiger partial charge >= 0.3 is 0 Å². The molecular formula is C16H26N4. The highest BCUT2D eigenvalue weighted by molar-refractivity contribution is 5.79. The average Bonchev–Trinajstić information content (AvgIpc) is 2.45. The molecule has 0 bridgehead atoms. The number of guanidine groups is 1. The molecule has 0 amide bonds. The summed E-state index contributed by atoms with van der Waals surface area (Å²) in [5.74, 6) is 0.911. The fourth-order valence-electron chi connectivity index (χ4n) is 2.70. The lowest BCUT2D eigenvalue weighted by Gasteiger charge is -2.41. The summed E-state index contributed by atoms with van der Waals surface area (Å²) in [5.41, 5.74) is 1.76. The van der Waals surface area contributed by atoms with E-state index in [1.807, 2.05) is 19.3 Å². The first-order valence-electron chi connectivity index (χ1n) is 7.61. The molecule has 1 saturated carbocycles. The first-order chi connectivity index (χ1) is 9.78. The molecule has 1 aliphatic rings. The van der Waals surface area contributed by atoms with Crippen molar-refractivity contribution in [3.63, 3.8) is 0 Å². The molecular weight excluding hydrogens is 248 g/mol. The van der Waals surface area contributed by atoms with E-state index in [1.54, 1.807) is 6.20 Å². The molecule has 0 aliphatic heterocycles. The summed E-state index contributed by atoms with van der Waals surface area (Å²) in [6.45, 7) is 4.21. The summed E-state index contributed by atoms with van der Waals surface area (Å²) < 4.78 is 0. The minimum Gasteiger partial charge on any atom is -0.356 e. The topological polar surface area (TPSA) is 49.3 Å². The summed E-state index contributed by atoms with van der Waals surface area (Å²) in [4.78, 5) is 8.42. The summed E-state index contributed by atoms with van der Waals surface area (Å²) in [6.07, 6.45) is 10.0. The third kappa shape index (κ3) is 3.95. The van der Waals surface area contributed by atoms with Crippen molar-refractivity contribution in [1.29, 1.82) is 0 Å². The standard InChI is InChI=1S/C16H26N4/c1-3-16(8-5-9-16)13-20-15(17-2)19-11-7-14-6-4-10-18-12-14/h4,6,10,12H,3,5,7-9,11,13H2,1-2H3,(H2,17,19,20). The number of nitrogens with one attached hydrogen (secondary N) is 2. The summed E-state index contributed by atoms with van der Waals surface area (Å²) in [7, 11) is 1.83. The van der Waals surface area contributed by atoms with Gasteiger partial charge in [-0.2, -0.15) is 0 Å². The average molecular weight is 274 g/mol. The van der Waals surface area contributed by atoms with Crippen LogP contribution in [0.1, 0.15) is 38.2 Å². The lowest BCUT2D eigenvalue weighted by molar-refractivity contribution is 0.131. The molecule has 1 aliphatic carbocycles. The summed E-state index contributed by atoms with van der Waals surface area (Å²) in [6, 6.07) is 4.08. The molecule has 1 fully saturated rings. The van der Waals surface area contributed by atoms with Crippen molar-refractivity contribution in [2.24, 2.45) is 10.4 Å². The fraction of sp³-hybridized carbons (Fsp3) is 0.625. The van der Waals surface area contributed by atoms with Gasteiger partial charge in [0.25, 0.3) is 0 Å². The van der Waals surface area contributed by atoms with E-state index < -0.39 is 0 Å². The van der Waals surface area contributed by atoms with Gasteiger partial charge in [0, 0.05) is 32.5 Å². The van der Waals surface area contributed by atoms with Crippen molar-refractivity contribution in [3.8, 4) is 0 Å². The third-order valence-electron chi connectivity index (χ3n) is 4.45. The number of hydrogen-bond donors (Lipinski definition) is 2. The number of pyridine rings is 1. The van der Waals surface area contributed by atoms with Gasteiger partial charge in [0.15, 0.2) is 5.96 Å². The Morgan fingerprint density at radius 3 is 2.80 bits per heavy atom. The molecule has 1 aromatic heterocycles. The maximum absolute atomic E-state index is 4.29. The molecule has 110 valence electrons. The molecule has 0 atom stereocenters. The van der Waals surface area contributed by atoms with Crippen LogP contribution in [0.15, 0.2) is 29.5 Å². The highest BCUT2D eigenvalue weighted by atomic mass is 15.2. The Balaban J connectivity index is 1.70. The first kappa shape index (κ1) is 14.8. The van der Waals surface area contributed by atoms with Crippen molar-refractivity contribution < 1.29 is 0 Å². The van der Waals surface area contributed by atoms with Crippen molar-refractivity contribution >= 4 is 5.96 Å². The maximum Gasteiger partial charge on any atom is 0.191 e. The van der Waals surface area contributed by atoms with Crippen LogP contribution in [-0.4, -0.2) is 31.1 Å². The Kier molecular flexibility index (Phi) is 5.39. The molecule has 2 N–H and O–H groups in total. The highest BCUT2D eigenvalue weighted by Gasteiger charge is 2.34. The van der Waals surface area contributed by atoms with Gasteiger partial charge in [-0.3, -0.25) is 9.98 Å². The molecule has 0 unspecified atom stereocenters. The molecule has 0 aromatic carbocycles. The van der Waals surface area contributed by atoms with E-state index in [2.05, 4.69) is 33.6 Å². The van der Waals surface area contributed by atoms with Gasteiger partial charge in [-0.25, -0.2) is 0 Å². The van der Waals surface area contributed by atoms with Crippen LogP contribution in [0.5, 0.6) is 0 Å². The van der Waals surface area contributed by atoms with Gasteiger partial charge in [-0.05, 0) is 42.7 Å². The molecule has 2 rings (SSSR count). The molecule has 0 radical (unpaired) electrons. The van der Waals surface area contributed by atoms with Gasteiger partial charge in [-0.15, -0.1) is 0 Å². The zero-order chi connectivity index (χ0) is 14.3. The van der Waals surface area contributed by atoms with Crippen molar-refractivity contribution in [2.45, 2.75) is 39.0 Å². The Bertz CT molecular complexity index is 418. The number of aromatic nitrogens is 1. The number of nitrogens with zero attached hydrogens (tertiary/aromatic N) is 2. The zero-order valence-corrected chi connectivity index (χ0v) is 12.7. The summed E-state index contributed by atoms with van der Waals surface area (Å²) >= 11 is 0. The SMILES string of the molecule is CCC1(CNC(=NC)NCCc2cccnc2)CCC1. The number of rotatable bonds is 6. The van der Waals surface area contributed by atoms with E-state index in [-0.39, 0.29) is 0 Å². The maximum atomic E-state index is 4.29. The van der Waals surface area contributed by atoms with Crippen LogP contribution >= 0.6 is 0 Å². The molecule has 20 heavy (non-hydrogen) atoms. The van der Waals surface area contributed by atoms with Gasteiger partial charge in [0.1, 0.15) is 0 Å². The van der Waals surface area contributed by atoms with Crippen LogP contribution in [0.4, 0.5) is 0 Å². The molecule has 0 spiro atoms. The van der Waals surface area contributed by atoms with Crippen LogP contribution in [0, 0.1) is 5.41 Å².